The molecule has 348 valence electrons. The van der Waals surface area contributed by atoms with Gasteiger partial charge in [-0.15, -0.1) is 0 Å². The van der Waals surface area contributed by atoms with E-state index >= 15 is 0 Å². The number of aliphatic hydroxyl groups is 3. The standard InChI is InChI=1S/C48H78O12S/c1-3-5-7-9-11-13-15-16-17-18-19-20-21-22-23-24-25-26-27-29-31-33-35-37-44(50)58-42(40-56-38-36-34-32-30-28-14-12-10-8-6-4-2)41-57-48-46(52)47(60-61(53,54)55)45(51)43(39-49)59-48/h5,7-8,10-11,13,16-17,19-20,22-23,25-26,29,31,42-43,45-49,51-52H,3-4,6,9,12,14-15,18,21,24,27-28,30,32-41H2,1-2H3,(H,53,54,55)/b7-5-,10-8-,13-11-,17-16-,20-19-,23-22-,26-25-,31-29-. The summed E-state index contributed by atoms with van der Waals surface area (Å²) in [6.45, 7) is 3.70. The zero-order valence-corrected chi connectivity index (χ0v) is 37.7. The van der Waals surface area contributed by atoms with Crippen molar-refractivity contribution in [2.45, 2.75) is 173 Å². The maximum Gasteiger partial charge on any atom is 0.397 e. The van der Waals surface area contributed by atoms with Gasteiger partial charge < -0.3 is 34.3 Å². The molecule has 4 N–H and O–H groups in total. The van der Waals surface area contributed by atoms with Crippen LogP contribution in [0.1, 0.15) is 136 Å². The van der Waals surface area contributed by atoms with Crippen LogP contribution in [0.4, 0.5) is 0 Å². The van der Waals surface area contributed by atoms with Crippen LogP contribution in [0, 0.1) is 0 Å². The van der Waals surface area contributed by atoms with Gasteiger partial charge in [0.15, 0.2) is 6.29 Å². The van der Waals surface area contributed by atoms with E-state index in [0.29, 0.717) is 19.4 Å². The van der Waals surface area contributed by atoms with E-state index in [-0.39, 0.29) is 19.6 Å². The summed E-state index contributed by atoms with van der Waals surface area (Å²) in [5.74, 6) is -0.464. The van der Waals surface area contributed by atoms with E-state index < -0.39 is 59.8 Å². The van der Waals surface area contributed by atoms with Gasteiger partial charge in [-0.2, -0.15) is 8.42 Å². The largest absolute Gasteiger partial charge is 0.457 e. The summed E-state index contributed by atoms with van der Waals surface area (Å²) in [5, 5.41) is 30.6. The molecule has 0 aromatic rings. The van der Waals surface area contributed by atoms with Crippen LogP contribution < -0.4 is 0 Å². The zero-order valence-electron chi connectivity index (χ0n) is 36.9. The Hall–Kier alpha value is -2.98. The molecule has 0 aliphatic carbocycles. The fourth-order valence-electron chi connectivity index (χ4n) is 6.07. The molecular formula is C48H78O12S. The predicted octanol–water partition coefficient (Wildman–Crippen LogP) is 9.46. The predicted molar refractivity (Wildman–Crippen MR) is 243 cm³/mol. The van der Waals surface area contributed by atoms with Gasteiger partial charge in [-0.05, 0) is 83.5 Å². The van der Waals surface area contributed by atoms with Gasteiger partial charge in [0.2, 0.25) is 0 Å². The van der Waals surface area contributed by atoms with Crippen molar-refractivity contribution in [1.82, 2.24) is 0 Å². The molecule has 1 heterocycles. The number of ether oxygens (including phenoxy) is 4. The van der Waals surface area contributed by atoms with Crippen LogP contribution in [0.3, 0.4) is 0 Å². The minimum Gasteiger partial charge on any atom is -0.457 e. The van der Waals surface area contributed by atoms with Gasteiger partial charge in [0.1, 0.15) is 30.5 Å². The number of carbonyl (C=O) groups excluding carboxylic acids is 1. The number of allylic oxidation sites excluding steroid dienone is 16. The molecule has 1 fully saturated rings. The first-order valence-electron chi connectivity index (χ1n) is 22.5. The van der Waals surface area contributed by atoms with Crippen molar-refractivity contribution in [2.75, 3.05) is 26.4 Å². The normalized spacial score (nSPS) is 21.0. The van der Waals surface area contributed by atoms with Crippen molar-refractivity contribution < 1.29 is 56.2 Å². The second-order valence-corrected chi connectivity index (χ2v) is 15.9. The summed E-state index contributed by atoms with van der Waals surface area (Å²) in [4.78, 5) is 12.8. The van der Waals surface area contributed by atoms with E-state index in [1.807, 2.05) is 6.08 Å². The summed E-state index contributed by atoms with van der Waals surface area (Å²) < 4.78 is 58.9. The van der Waals surface area contributed by atoms with Gasteiger partial charge >= 0.3 is 16.4 Å². The van der Waals surface area contributed by atoms with Gasteiger partial charge in [-0.25, -0.2) is 4.18 Å². The Morgan fingerprint density at radius 1 is 0.639 bits per heavy atom. The van der Waals surface area contributed by atoms with Crippen molar-refractivity contribution in [1.29, 1.82) is 0 Å². The van der Waals surface area contributed by atoms with Crippen molar-refractivity contribution in [3.63, 3.8) is 0 Å². The third-order valence-electron chi connectivity index (χ3n) is 9.42. The second-order valence-electron chi connectivity index (χ2n) is 14.9. The third kappa shape index (κ3) is 32.4. The van der Waals surface area contributed by atoms with E-state index in [9.17, 15) is 28.5 Å². The summed E-state index contributed by atoms with van der Waals surface area (Å²) in [6.07, 6.45) is 43.1. The molecular weight excluding hydrogens is 801 g/mol. The van der Waals surface area contributed by atoms with Crippen LogP contribution in [0.25, 0.3) is 0 Å². The highest BCUT2D eigenvalue weighted by atomic mass is 32.3. The minimum absolute atomic E-state index is 0.00150. The molecule has 0 bridgehead atoms. The highest BCUT2D eigenvalue weighted by Crippen LogP contribution is 2.26. The monoisotopic (exact) mass is 879 g/mol. The molecule has 6 unspecified atom stereocenters. The fraction of sp³-hybridized carbons (Fsp3) is 0.646. The van der Waals surface area contributed by atoms with E-state index in [2.05, 4.69) is 109 Å². The number of carbonyl (C=O) groups is 1. The minimum atomic E-state index is -5.07. The molecule has 1 saturated heterocycles. The average Bonchev–Trinajstić information content (AvgIpc) is 3.23. The molecule has 1 aliphatic rings. The molecule has 0 spiro atoms. The quantitative estimate of drug-likeness (QED) is 0.0201. The lowest BCUT2D eigenvalue weighted by Gasteiger charge is -2.41. The number of hydrogen-bond donors (Lipinski definition) is 4. The Kier molecular flexibility index (Phi) is 35.5. The lowest BCUT2D eigenvalue weighted by atomic mass is 9.99. The summed E-state index contributed by atoms with van der Waals surface area (Å²) in [6, 6.07) is 0. The van der Waals surface area contributed by atoms with Crippen LogP contribution in [0.5, 0.6) is 0 Å². The van der Waals surface area contributed by atoms with Gasteiger partial charge in [-0.3, -0.25) is 9.35 Å². The molecule has 0 amide bonds. The van der Waals surface area contributed by atoms with Crippen molar-refractivity contribution in [3.8, 4) is 0 Å². The van der Waals surface area contributed by atoms with Crippen molar-refractivity contribution >= 4 is 16.4 Å². The Bertz CT molecular complexity index is 1430. The molecule has 61 heavy (non-hydrogen) atoms. The zero-order chi connectivity index (χ0) is 44.7. The number of unbranched alkanes of at least 4 members (excludes halogenated alkanes) is 8. The topological polar surface area (TPSA) is 178 Å². The summed E-state index contributed by atoms with van der Waals surface area (Å²) in [5.41, 5.74) is 0. The van der Waals surface area contributed by atoms with E-state index in [0.717, 1.165) is 83.5 Å². The van der Waals surface area contributed by atoms with Crippen LogP contribution in [0.15, 0.2) is 97.2 Å². The van der Waals surface area contributed by atoms with E-state index in [1.54, 1.807) is 0 Å². The summed E-state index contributed by atoms with van der Waals surface area (Å²) >= 11 is 0. The third-order valence-corrected chi connectivity index (χ3v) is 9.89. The Balaban J connectivity index is 2.46. The molecule has 1 aliphatic heterocycles. The molecule has 0 saturated carbocycles. The van der Waals surface area contributed by atoms with Gasteiger partial charge in [0.05, 0.1) is 19.8 Å². The molecule has 6 atom stereocenters. The number of rotatable bonds is 37. The maximum atomic E-state index is 12.8. The highest BCUT2D eigenvalue weighted by molar-refractivity contribution is 7.80. The second kappa shape index (κ2) is 38.7. The lowest BCUT2D eigenvalue weighted by molar-refractivity contribution is -0.301. The van der Waals surface area contributed by atoms with E-state index in [1.165, 1.54) is 19.3 Å². The number of esters is 1. The smallest absolute Gasteiger partial charge is 0.397 e. The van der Waals surface area contributed by atoms with Gasteiger partial charge in [-0.1, -0.05) is 143 Å². The molecule has 0 aromatic carbocycles. The molecule has 12 nitrogen and oxygen atoms in total. The maximum absolute atomic E-state index is 12.8. The summed E-state index contributed by atoms with van der Waals surface area (Å²) in [7, 11) is -5.07. The average molecular weight is 879 g/mol. The molecule has 1 rings (SSSR count). The molecule has 0 radical (unpaired) electrons. The van der Waals surface area contributed by atoms with Crippen LogP contribution >= 0.6 is 0 Å². The SMILES string of the molecule is CC/C=C\C/C=C\C/C=C\C/C=C\C/C=C\C/C=C\C/C=C\CCCC(=O)OC(COCCCCCCCC/C=C\CCC)COC1OC(CO)C(O)C(OS(=O)(=O)O)C1O. The first-order valence-corrected chi connectivity index (χ1v) is 23.9. The Morgan fingerprint density at radius 2 is 1.13 bits per heavy atom. The fourth-order valence-corrected chi connectivity index (χ4v) is 6.58. The van der Waals surface area contributed by atoms with Crippen LogP contribution in [0.2, 0.25) is 0 Å². The molecule has 13 heteroatoms. The number of hydrogen-bond acceptors (Lipinski definition) is 11. The van der Waals surface area contributed by atoms with E-state index in [4.69, 9.17) is 23.5 Å². The first kappa shape index (κ1) is 56.0. The van der Waals surface area contributed by atoms with Gasteiger partial charge in [0, 0.05) is 13.0 Å². The lowest BCUT2D eigenvalue weighted by Crippen LogP contribution is -2.60. The van der Waals surface area contributed by atoms with Crippen molar-refractivity contribution in [2.24, 2.45) is 0 Å². The van der Waals surface area contributed by atoms with Crippen molar-refractivity contribution in [3.05, 3.63) is 97.2 Å². The molecule has 0 aromatic heterocycles. The first-order chi connectivity index (χ1) is 29.6. The number of aliphatic hydroxyl groups excluding tert-OH is 3. The highest BCUT2D eigenvalue weighted by Gasteiger charge is 2.48. The Labute approximate surface area is 367 Å². The van der Waals surface area contributed by atoms with Gasteiger partial charge in [0.25, 0.3) is 0 Å². The van der Waals surface area contributed by atoms with Crippen LogP contribution in [-0.2, 0) is 38.3 Å². The van der Waals surface area contributed by atoms with Crippen LogP contribution in [-0.4, -0.2) is 97.5 Å². The Morgan fingerprint density at radius 3 is 1.67 bits per heavy atom.